The Morgan fingerprint density at radius 1 is 1.45 bits per heavy atom. The third kappa shape index (κ3) is 6.32. The number of carbonyl (C=O) groups excluding carboxylic acids is 1. The number of nitriles is 1. The number of amides is 1. The van der Waals surface area contributed by atoms with Crippen LogP contribution in [0.5, 0.6) is 0 Å². The normalized spacial score (nSPS) is 10.3. The average Bonchev–Trinajstić information content (AvgIpc) is 2.45. The van der Waals surface area contributed by atoms with E-state index in [1.807, 2.05) is 13.1 Å². The lowest BCUT2D eigenvalue weighted by Gasteiger charge is -2.15. The van der Waals surface area contributed by atoms with Gasteiger partial charge >= 0.3 is 0 Å². The quantitative estimate of drug-likeness (QED) is 0.735. The highest BCUT2D eigenvalue weighted by molar-refractivity contribution is 5.90. The highest BCUT2D eigenvalue weighted by Crippen LogP contribution is 2.10. The Labute approximate surface area is 120 Å². The number of nitrogens with one attached hydrogen (secondary N) is 1. The van der Waals surface area contributed by atoms with Crippen molar-refractivity contribution in [3.8, 4) is 6.07 Å². The summed E-state index contributed by atoms with van der Waals surface area (Å²) >= 11 is 0. The minimum Gasteiger partial charge on any atom is -0.385 e. The number of ether oxygens (including phenoxy) is 1. The van der Waals surface area contributed by atoms with Gasteiger partial charge in [-0.15, -0.1) is 0 Å². The standard InChI is InChI=1S/C15H21N3O2/c1-18(8-4-10-20-2)9-7-15(19)17-14-6-3-5-13(11-14)12-16/h3,5-6,11H,4,7-10H2,1-2H3,(H,17,19). The van der Waals surface area contributed by atoms with Gasteiger partial charge in [0.05, 0.1) is 11.6 Å². The Kier molecular flexibility index (Phi) is 7.33. The first-order valence-corrected chi connectivity index (χ1v) is 6.63. The third-order valence-corrected chi connectivity index (χ3v) is 2.88. The Balaban J connectivity index is 2.31. The molecule has 0 saturated carbocycles. The van der Waals surface area contributed by atoms with Gasteiger partial charge in [-0.25, -0.2) is 0 Å². The molecule has 5 heteroatoms. The Morgan fingerprint density at radius 2 is 2.25 bits per heavy atom. The van der Waals surface area contributed by atoms with Gasteiger partial charge in [-0.05, 0) is 31.7 Å². The summed E-state index contributed by atoms with van der Waals surface area (Å²) in [5, 5.41) is 11.6. The molecule has 20 heavy (non-hydrogen) atoms. The van der Waals surface area contributed by atoms with Crippen molar-refractivity contribution in [3.63, 3.8) is 0 Å². The van der Waals surface area contributed by atoms with Crippen molar-refractivity contribution in [3.05, 3.63) is 29.8 Å². The molecule has 0 aliphatic rings. The van der Waals surface area contributed by atoms with Gasteiger partial charge in [0, 0.05) is 38.9 Å². The maximum Gasteiger partial charge on any atom is 0.225 e. The van der Waals surface area contributed by atoms with Crippen LogP contribution in [0.2, 0.25) is 0 Å². The topological polar surface area (TPSA) is 65.4 Å². The van der Waals surface area contributed by atoms with Gasteiger partial charge in [0.25, 0.3) is 0 Å². The highest BCUT2D eigenvalue weighted by atomic mass is 16.5. The maximum atomic E-state index is 11.8. The fraction of sp³-hybridized carbons (Fsp3) is 0.467. The number of methoxy groups -OCH3 is 1. The molecular formula is C15H21N3O2. The highest BCUT2D eigenvalue weighted by Gasteiger charge is 2.05. The predicted molar refractivity (Wildman–Crippen MR) is 78.4 cm³/mol. The molecule has 108 valence electrons. The molecule has 0 spiro atoms. The van der Waals surface area contributed by atoms with Gasteiger partial charge in [-0.3, -0.25) is 4.79 Å². The van der Waals surface area contributed by atoms with Crippen molar-refractivity contribution in [2.24, 2.45) is 0 Å². The van der Waals surface area contributed by atoms with Crippen molar-refractivity contribution in [2.45, 2.75) is 12.8 Å². The number of hydrogen-bond acceptors (Lipinski definition) is 4. The van der Waals surface area contributed by atoms with E-state index in [1.165, 1.54) is 0 Å². The molecule has 0 atom stereocenters. The molecule has 1 N–H and O–H groups in total. The second kappa shape index (κ2) is 9.08. The number of carbonyl (C=O) groups is 1. The van der Waals surface area contributed by atoms with E-state index >= 15 is 0 Å². The van der Waals surface area contributed by atoms with Gasteiger partial charge in [0.1, 0.15) is 0 Å². The fourth-order valence-electron chi connectivity index (χ4n) is 1.77. The summed E-state index contributed by atoms with van der Waals surface area (Å²) in [6, 6.07) is 8.96. The molecule has 0 unspecified atom stereocenters. The summed E-state index contributed by atoms with van der Waals surface area (Å²) in [5.74, 6) is -0.0429. The largest absolute Gasteiger partial charge is 0.385 e. The predicted octanol–water partition coefficient (Wildman–Crippen LogP) is 1.86. The third-order valence-electron chi connectivity index (χ3n) is 2.88. The summed E-state index contributed by atoms with van der Waals surface area (Å²) in [7, 11) is 3.67. The fourth-order valence-corrected chi connectivity index (χ4v) is 1.77. The molecule has 1 aromatic rings. The molecule has 0 heterocycles. The van der Waals surface area contributed by atoms with E-state index in [2.05, 4.69) is 10.2 Å². The van der Waals surface area contributed by atoms with Gasteiger partial charge in [-0.1, -0.05) is 6.07 Å². The number of nitrogens with zero attached hydrogens (tertiary/aromatic N) is 2. The van der Waals surface area contributed by atoms with E-state index in [1.54, 1.807) is 31.4 Å². The van der Waals surface area contributed by atoms with E-state index < -0.39 is 0 Å². The SMILES string of the molecule is COCCCN(C)CCC(=O)Nc1cccc(C#N)c1. The number of anilines is 1. The molecule has 5 nitrogen and oxygen atoms in total. The van der Waals surface area contributed by atoms with Gasteiger partial charge in [0.15, 0.2) is 0 Å². The molecule has 0 aliphatic carbocycles. The van der Waals surface area contributed by atoms with E-state index in [0.29, 0.717) is 24.2 Å². The zero-order valence-electron chi connectivity index (χ0n) is 12.1. The minimum atomic E-state index is -0.0429. The van der Waals surface area contributed by atoms with E-state index in [4.69, 9.17) is 10.00 Å². The van der Waals surface area contributed by atoms with Crippen LogP contribution in [0.25, 0.3) is 0 Å². The van der Waals surface area contributed by atoms with Crippen LogP contribution in [0, 0.1) is 11.3 Å². The van der Waals surface area contributed by atoms with Crippen LogP contribution in [0.4, 0.5) is 5.69 Å². The average molecular weight is 275 g/mol. The van der Waals surface area contributed by atoms with Crippen LogP contribution in [0.15, 0.2) is 24.3 Å². The first kappa shape index (κ1) is 16.2. The summed E-state index contributed by atoms with van der Waals surface area (Å²) < 4.78 is 4.99. The number of rotatable bonds is 8. The molecule has 1 aromatic carbocycles. The van der Waals surface area contributed by atoms with Crippen molar-refractivity contribution in [2.75, 3.05) is 39.2 Å². The summed E-state index contributed by atoms with van der Waals surface area (Å²) in [4.78, 5) is 13.9. The lowest BCUT2D eigenvalue weighted by Crippen LogP contribution is -2.25. The summed E-state index contributed by atoms with van der Waals surface area (Å²) in [5.41, 5.74) is 1.20. The van der Waals surface area contributed by atoms with Crippen LogP contribution < -0.4 is 5.32 Å². The monoisotopic (exact) mass is 275 g/mol. The van der Waals surface area contributed by atoms with E-state index in [-0.39, 0.29) is 5.91 Å². The second-order valence-corrected chi connectivity index (χ2v) is 4.64. The molecule has 1 rings (SSSR count). The number of hydrogen-bond donors (Lipinski definition) is 1. The van der Waals surface area contributed by atoms with Crippen LogP contribution in [0.3, 0.4) is 0 Å². The Bertz CT molecular complexity index is 468. The van der Waals surface area contributed by atoms with Gasteiger partial charge in [-0.2, -0.15) is 5.26 Å². The van der Waals surface area contributed by atoms with E-state index in [0.717, 1.165) is 19.6 Å². The molecule has 1 amide bonds. The lowest BCUT2D eigenvalue weighted by atomic mass is 10.2. The number of benzene rings is 1. The van der Waals surface area contributed by atoms with Crippen LogP contribution >= 0.6 is 0 Å². The first-order valence-electron chi connectivity index (χ1n) is 6.63. The first-order chi connectivity index (χ1) is 9.65. The second-order valence-electron chi connectivity index (χ2n) is 4.64. The summed E-state index contributed by atoms with van der Waals surface area (Å²) in [6.07, 6.45) is 1.39. The molecule has 0 saturated heterocycles. The molecule has 0 radical (unpaired) electrons. The smallest absolute Gasteiger partial charge is 0.225 e. The van der Waals surface area contributed by atoms with Gasteiger partial charge < -0.3 is 15.0 Å². The molecule has 0 aromatic heterocycles. The van der Waals surface area contributed by atoms with Gasteiger partial charge in [0.2, 0.25) is 5.91 Å². The van der Waals surface area contributed by atoms with E-state index in [9.17, 15) is 4.79 Å². The molecule has 0 aliphatic heterocycles. The Hall–Kier alpha value is -1.90. The van der Waals surface area contributed by atoms with Crippen LogP contribution in [-0.4, -0.2) is 44.7 Å². The van der Waals surface area contributed by atoms with Crippen LogP contribution in [-0.2, 0) is 9.53 Å². The van der Waals surface area contributed by atoms with Crippen LogP contribution in [0.1, 0.15) is 18.4 Å². The minimum absolute atomic E-state index is 0.0429. The van der Waals surface area contributed by atoms with Crippen molar-refractivity contribution >= 4 is 11.6 Å². The molecule has 0 fully saturated rings. The Morgan fingerprint density at radius 3 is 2.95 bits per heavy atom. The van der Waals surface area contributed by atoms with Crippen molar-refractivity contribution < 1.29 is 9.53 Å². The van der Waals surface area contributed by atoms with Crippen molar-refractivity contribution in [1.29, 1.82) is 5.26 Å². The lowest BCUT2D eigenvalue weighted by molar-refractivity contribution is -0.116. The summed E-state index contributed by atoms with van der Waals surface area (Å²) in [6.45, 7) is 2.34. The molecule has 0 bridgehead atoms. The molecular weight excluding hydrogens is 254 g/mol. The zero-order chi connectivity index (χ0) is 14.8. The maximum absolute atomic E-state index is 11.8. The van der Waals surface area contributed by atoms with Crippen molar-refractivity contribution in [1.82, 2.24) is 4.90 Å². The zero-order valence-corrected chi connectivity index (χ0v) is 12.1.